The second kappa shape index (κ2) is 2.38. The lowest BCUT2D eigenvalue weighted by Crippen LogP contribution is -2.44. The van der Waals surface area contributed by atoms with E-state index in [4.69, 9.17) is 4.74 Å². The van der Waals surface area contributed by atoms with Gasteiger partial charge in [-0.3, -0.25) is 0 Å². The van der Waals surface area contributed by atoms with Crippen molar-refractivity contribution < 1.29 is 13.5 Å². The smallest absolute Gasteiger partial charge is 0.252 e. The molecule has 2 aliphatic rings. The van der Waals surface area contributed by atoms with Crippen LogP contribution < -0.4 is 5.32 Å². The summed E-state index contributed by atoms with van der Waals surface area (Å²) in [7, 11) is 0. The average Bonchev–Trinajstić information content (AvgIpc) is 2.21. The van der Waals surface area contributed by atoms with Gasteiger partial charge in [-0.1, -0.05) is 0 Å². The predicted molar refractivity (Wildman–Crippen MR) is 35.7 cm³/mol. The first kappa shape index (κ1) is 7.43. The molecular formula is C7H11F2NO. The summed E-state index contributed by atoms with van der Waals surface area (Å²) >= 11 is 0. The van der Waals surface area contributed by atoms with E-state index in [-0.39, 0.29) is 25.0 Å². The zero-order chi connectivity index (χ0) is 7.90. The zero-order valence-electron chi connectivity index (χ0n) is 6.15. The zero-order valence-corrected chi connectivity index (χ0v) is 6.15. The SMILES string of the molecule is FC1(F)C[C@H]2NCCO[C@@H]2C1. The summed E-state index contributed by atoms with van der Waals surface area (Å²) in [5.41, 5.74) is 0. The van der Waals surface area contributed by atoms with E-state index in [1.54, 1.807) is 0 Å². The fourth-order valence-corrected chi connectivity index (χ4v) is 1.81. The maximum absolute atomic E-state index is 12.7. The molecule has 64 valence electrons. The van der Waals surface area contributed by atoms with Crippen molar-refractivity contribution in [2.45, 2.75) is 30.9 Å². The fourth-order valence-electron chi connectivity index (χ4n) is 1.81. The highest BCUT2D eigenvalue weighted by atomic mass is 19.3. The third-order valence-corrected chi connectivity index (χ3v) is 2.31. The van der Waals surface area contributed by atoms with E-state index in [1.165, 1.54) is 0 Å². The van der Waals surface area contributed by atoms with Gasteiger partial charge in [0.25, 0.3) is 5.92 Å². The van der Waals surface area contributed by atoms with Crippen LogP contribution >= 0.6 is 0 Å². The van der Waals surface area contributed by atoms with Crippen LogP contribution in [0.4, 0.5) is 8.78 Å². The minimum atomic E-state index is -2.51. The molecule has 0 aromatic carbocycles. The Labute approximate surface area is 63.9 Å². The van der Waals surface area contributed by atoms with E-state index < -0.39 is 5.92 Å². The summed E-state index contributed by atoms with van der Waals surface area (Å²) in [6.07, 6.45) is -0.416. The molecule has 4 heteroatoms. The van der Waals surface area contributed by atoms with E-state index in [9.17, 15) is 8.78 Å². The molecule has 11 heavy (non-hydrogen) atoms. The van der Waals surface area contributed by atoms with E-state index in [0.717, 1.165) is 0 Å². The number of fused-ring (bicyclic) bond motifs is 1. The van der Waals surface area contributed by atoms with Gasteiger partial charge in [-0.05, 0) is 0 Å². The number of morpholine rings is 1. The third kappa shape index (κ3) is 1.37. The molecule has 0 aromatic heterocycles. The van der Waals surface area contributed by atoms with E-state index in [2.05, 4.69) is 5.32 Å². The predicted octanol–water partition coefficient (Wildman–Crippen LogP) is 0.772. The summed E-state index contributed by atoms with van der Waals surface area (Å²) in [4.78, 5) is 0. The summed E-state index contributed by atoms with van der Waals surface area (Å²) in [6, 6.07) is -0.112. The molecule has 2 fully saturated rings. The van der Waals surface area contributed by atoms with Gasteiger partial charge in [0.2, 0.25) is 0 Å². The lowest BCUT2D eigenvalue weighted by atomic mass is 10.2. The van der Waals surface area contributed by atoms with Crippen molar-refractivity contribution in [2.24, 2.45) is 0 Å². The molecule has 0 radical (unpaired) electrons. The normalized spacial score (nSPS) is 42.0. The molecule has 1 N–H and O–H groups in total. The number of hydrogen-bond acceptors (Lipinski definition) is 2. The van der Waals surface area contributed by atoms with Crippen LogP contribution in [-0.2, 0) is 4.74 Å². The Morgan fingerprint density at radius 3 is 2.91 bits per heavy atom. The molecule has 0 amide bonds. The summed E-state index contributed by atoms with van der Waals surface area (Å²) in [5, 5.41) is 3.03. The molecule has 0 spiro atoms. The van der Waals surface area contributed by atoms with Crippen LogP contribution in [0.1, 0.15) is 12.8 Å². The van der Waals surface area contributed by atoms with Gasteiger partial charge >= 0.3 is 0 Å². The average molecular weight is 163 g/mol. The number of nitrogens with one attached hydrogen (secondary N) is 1. The number of alkyl halides is 2. The first-order valence-corrected chi connectivity index (χ1v) is 3.90. The highest BCUT2D eigenvalue weighted by molar-refractivity contribution is 4.95. The molecular weight excluding hydrogens is 152 g/mol. The van der Waals surface area contributed by atoms with Gasteiger partial charge in [-0.25, -0.2) is 8.78 Å². The highest BCUT2D eigenvalue weighted by Crippen LogP contribution is 2.37. The Bertz CT molecular complexity index is 147. The summed E-state index contributed by atoms with van der Waals surface area (Å²) in [6.45, 7) is 1.27. The lowest BCUT2D eigenvalue weighted by molar-refractivity contribution is -0.0234. The minimum absolute atomic E-state index is 0.0579. The van der Waals surface area contributed by atoms with Crippen molar-refractivity contribution >= 4 is 0 Å². The van der Waals surface area contributed by atoms with Crippen LogP contribution in [0.2, 0.25) is 0 Å². The second-order valence-electron chi connectivity index (χ2n) is 3.23. The maximum atomic E-state index is 12.7. The first-order valence-electron chi connectivity index (χ1n) is 3.90. The number of ether oxygens (including phenoxy) is 1. The first-order chi connectivity index (χ1) is 5.17. The summed E-state index contributed by atoms with van der Waals surface area (Å²) in [5.74, 6) is -2.51. The molecule has 2 nitrogen and oxygen atoms in total. The lowest BCUT2D eigenvalue weighted by Gasteiger charge is -2.25. The van der Waals surface area contributed by atoms with Gasteiger partial charge in [0.1, 0.15) is 0 Å². The highest BCUT2D eigenvalue weighted by Gasteiger charge is 2.47. The molecule has 1 saturated heterocycles. The van der Waals surface area contributed by atoms with Crippen LogP contribution in [0, 0.1) is 0 Å². The fraction of sp³-hybridized carbons (Fsp3) is 1.00. The Hall–Kier alpha value is -0.220. The molecule has 1 heterocycles. The topological polar surface area (TPSA) is 21.3 Å². The van der Waals surface area contributed by atoms with Crippen LogP contribution in [0.25, 0.3) is 0 Å². The molecule has 1 aliphatic heterocycles. The van der Waals surface area contributed by atoms with Gasteiger partial charge in [-0.15, -0.1) is 0 Å². The summed E-state index contributed by atoms with van der Waals surface area (Å²) < 4.78 is 30.6. The molecule has 2 rings (SSSR count). The van der Waals surface area contributed by atoms with Gasteiger partial charge < -0.3 is 10.1 Å². The van der Waals surface area contributed by atoms with Crippen molar-refractivity contribution in [3.05, 3.63) is 0 Å². The van der Waals surface area contributed by atoms with Gasteiger partial charge in [0.15, 0.2) is 0 Å². The standard InChI is InChI=1S/C7H11F2NO/c8-7(9)3-5-6(4-7)11-2-1-10-5/h5-6,10H,1-4H2/t5-,6-/m1/s1. The Kier molecular flexibility index (Phi) is 1.61. The van der Waals surface area contributed by atoms with Crippen molar-refractivity contribution in [3.8, 4) is 0 Å². The third-order valence-electron chi connectivity index (χ3n) is 2.31. The number of hydrogen-bond donors (Lipinski definition) is 1. The Balaban J connectivity index is 2.03. The minimum Gasteiger partial charge on any atom is -0.375 e. The molecule has 0 unspecified atom stereocenters. The Morgan fingerprint density at radius 2 is 2.18 bits per heavy atom. The van der Waals surface area contributed by atoms with E-state index >= 15 is 0 Å². The van der Waals surface area contributed by atoms with Gasteiger partial charge in [-0.2, -0.15) is 0 Å². The molecule has 1 saturated carbocycles. The van der Waals surface area contributed by atoms with Crippen molar-refractivity contribution in [2.75, 3.05) is 13.2 Å². The largest absolute Gasteiger partial charge is 0.375 e. The van der Waals surface area contributed by atoms with E-state index in [0.29, 0.717) is 13.2 Å². The van der Waals surface area contributed by atoms with Crippen molar-refractivity contribution in [1.29, 1.82) is 0 Å². The van der Waals surface area contributed by atoms with Crippen LogP contribution in [-0.4, -0.2) is 31.2 Å². The monoisotopic (exact) mass is 163 g/mol. The van der Waals surface area contributed by atoms with E-state index in [1.807, 2.05) is 0 Å². The van der Waals surface area contributed by atoms with Crippen molar-refractivity contribution in [1.82, 2.24) is 5.32 Å². The molecule has 1 aliphatic carbocycles. The van der Waals surface area contributed by atoms with Crippen LogP contribution in [0.3, 0.4) is 0 Å². The van der Waals surface area contributed by atoms with Crippen LogP contribution in [0.5, 0.6) is 0 Å². The second-order valence-corrected chi connectivity index (χ2v) is 3.23. The maximum Gasteiger partial charge on any atom is 0.252 e. The van der Waals surface area contributed by atoms with Crippen molar-refractivity contribution in [3.63, 3.8) is 0 Å². The number of rotatable bonds is 0. The van der Waals surface area contributed by atoms with Crippen LogP contribution in [0.15, 0.2) is 0 Å². The molecule has 2 atom stereocenters. The quantitative estimate of drug-likeness (QED) is 0.569. The Morgan fingerprint density at radius 1 is 1.36 bits per heavy atom. The molecule has 0 aromatic rings. The number of halogens is 2. The van der Waals surface area contributed by atoms with Gasteiger partial charge in [0, 0.05) is 25.4 Å². The van der Waals surface area contributed by atoms with Gasteiger partial charge in [0.05, 0.1) is 12.7 Å². The molecule has 0 bridgehead atoms.